The van der Waals surface area contributed by atoms with E-state index in [2.05, 4.69) is 36.6 Å². The molecule has 0 aliphatic heterocycles. The van der Waals surface area contributed by atoms with Gasteiger partial charge in [0.1, 0.15) is 12.0 Å². The van der Waals surface area contributed by atoms with Crippen LogP contribution in [0.15, 0.2) is 21.1 Å². The van der Waals surface area contributed by atoms with E-state index >= 15 is 0 Å². The van der Waals surface area contributed by atoms with Gasteiger partial charge in [0, 0.05) is 5.56 Å². The summed E-state index contributed by atoms with van der Waals surface area (Å²) >= 11 is 6.05. The Balaban J connectivity index is 2.93. The molecule has 0 amide bonds. The summed E-state index contributed by atoms with van der Waals surface area (Å²) in [6.07, 6.45) is -3.81. The lowest BCUT2D eigenvalue weighted by Crippen LogP contribution is -2.19. The molecule has 0 unspecified atom stereocenters. The van der Waals surface area contributed by atoms with Crippen molar-refractivity contribution < 1.29 is 22.7 Å². The van der Waals surface area contributed by atoms with E-state index in [1.165, 1.54) is 12.1 Å². The maximum Gasteiger partial charge on any atom is 0.422 e. The first-order valence-electron chi connectivity index (χ1n) is 3.97. The molecule has 0 saturated heterocycles. The van der Waals surface area contributed by atoms with Crippen LogP contribution in [0.1, 0.15) is 10.4 Å². The fraction of sp³-hybridized carbons (Fsp3) is 0.222. The minimum Gasteiger partial charge on any atom is -0.482 e. The van der Waals surface area contributed by atoms with Gasteiger partial charge in [-0.25, -0.2) is 0 Å². The van der Waals surface area contributed by atoms with Gasteiger partial charge in [0.15, 0.2) is 6.61 Å². The van der Waals surface area contributed by atoms with Crippen molar-refractivity contribution in [3.63, 3.8) is 0 Å². The molecular weight excluding hydrogens is 357 g/mol. The Kier molecular flexibility index (Phi) is 4.37. The van der Waals surface area contributed by atoms with E-state index in [1.54, 1.807) is 0 Å². The summed E-state index contributed by atoms with van der Waals surface area (Å²) in [5, 5.41) is 0. The number of aldehydes is 1. The molecule has 2 nitrogen and oxygen atoms in total. The van der Waals surface area contributed by atoms with Gasteiger partial charge in [-0.05, 0) is 44.0 Å². The Bertz CT molecular complexity index is 381. The molecule has 0 aliphatic rings. The van der Waals surface area contributed by atoms with Crippen molar-refractivity contribution in [3.8, 4) is 5.75 Å². The average Bonchev–Trinajstić information content (AvgIpc) is 2.14. The van der Waals surface area contributed by atoms with E-state index in [1.807, 2.05) is 0 Å². The number of rotatable bonds is 3. The van der Waals surface area contributed by atoms with Crippen LogP contribution in [0.25, 0.3) is 0 Å². The van der Waals surface area contributed by atoms with Crippen LogP contribution in [0.4, 0.5) is 13.2 Å². The van der Waals surface area contributed by atoms with Crippen LogP contribution < -0.4 is 4.74 Å². The second-order valence-electron chi connectivity index (χ2n) is 2.84. The third-order valence-corrected chi connectivity index (χ3v) is 2.71. The van der Waals surface area contributed by atoms with Crippen LogP contribution in [0, 0.1) is 0 Å². The number of hydrogen-bond donors (Lipinski definition) is 0. The Hall–Kier alpha value is -0.560. The van der Waals surface area contributed by atoms with Gasteiger partial charge in [-0.1, -0.05) is 0 Å². The Morgan fingerprint density at radius 1 is 1.25 bits per heavy atom. The highest BCUT2D eigenvalue weighted by atomic mass is 79.9. The van der Waals surface area contributed by atoms with Crippen LogP contribution in [0.2, 0.25) is 0 Å². The van der Waals surface area contributed by atoms with Crippen molar-refractivity contribution in [1.82, 2.24) is 0 Å². The highest BCUT2D eigenvalue weighted by Gasteiger charge is 2.29. The molecule has 0 heterocycles. The largest absolute Gasteiger partial charge is 0.482 e. The van der Waals surface area contributed by atoms with Crippen molar-refractivity contribution >= 4 is 38.1 Å². The quantitative estimate of drug-likeness (QED) is 0.761. The maximum atomic E-state index is 11.9. The lowest BCUT2D eigenvalue weighted by atomic mass is 10.2. The molecule has 1 rings (SSSR count). The first-order valence-corrected chi connectivity index (χ1v) is 5.56. The van der Waals surface area contributed by atoms with Gasteiger partial charge in [-0.2, -0.15) is 13.2 Å². The second kappa shape index (κ2) is 5.18. The zero-order chi connectivity index (χ0) is 12.3. The average molecular weight is 362 g/mol. The molecule has 0 atom stereocenters. The standard InChI is InChI=1S/C9H5Br2F3O2/c10-6-1-5(3-15)2-7(11)8(6)16-4-9(12,13)14/h1-3H,4H2. The van der Waals surface area contributed by atoms with Crippen LogP contribution in [0.3, 0.4) is 0 Å². The molecule has 88 valence electrons. The fourth-order valence-corrected chi connectivity index (χ4v) is 2.39. The van der Waals surface area contributed by atoms with E-state index in [0.717, 1.165) is 0 Å². The first-order chi connectivity index (χ1) is 7.33. The highest BCUT2D eigenvalue weighted by Crippen LogP contribution is 2.35. The van der Waals surface area contributed by atoms with Gasteiger partial charge in [0.25, 0.3) is 0 Å². The third-order valence-electron chi connectivity index (χ3n) is 1.54. The van der Waals surface area contributed by atoms with Crippen LogP contribution >= 0.6 is 31.9 Å². The van der Waals surface area contributed by atoms with Gasteiger partial charge in [-0.15, -0.1) is 0 Å². The summed E-state index contributed by atoms with van der Waals surface area (Å²) in [7, 11) is 0. The van der Waals surface area contributed by atoms with Crippen molar-refractivity contribution in [2.24, 2.45) is 0 Å². The lowest BCUT2D eigenvalue weighted by Gasteiger charge is -2.12. The maximum absolute atomic E-state index is 11.9. The topological polar surface area (TPSA) is 26.3 Å². The first kappa shape index (κ1) is 13.5. The number of carbonyl (C=O) groups is 1. The number of halogens is 5. The molecule has 0 spiro atoms. The van der Waals surface area contributed by atoms with E-state index in [9.17, 15) is 18.0 Å². The Labute approximate surface area is 106 Å². The van der Waals surface area contributed by atoms with E-state index in [0.29, 0.717) is 11.8 Å². The molecule has 0 bridgehead atoms. The molecule has 7 heteroatoms. The lowest BCUT2D eigenvalue weighted by molar-refractivity contribution is -0.153. The van der Waals surface area contributed by atoms with Crippen molar-refractivity contribution in [3.05, 3.63) is 26.6 Å². The molecule has 1 aromatic rings. The summed E-state index contributed by atoms with van der Waals surface area (Å²) in [5.74, 6) is 0.0166. The van der Waals surface area contributed by atoms with Gasteiger partial charge < -0.3 is 4.74 Å². The Morgan fingerprint density at radius 3 is 2.12 bits per heavy atom. The molecule has 0 saturated carbocycles. The van der Waals surface area contributed by atoms with Gasteiger partial charge in [-0.3, -0.25) is 4.79 Å². The van der Waals surface area contributed by atoms with E-state index in [-0.39, 0.29) is 14.7 Å². The van der Waals surface area contributed by atoms with Gasteiger partial charge >= 0.3 is 6.18 Å². The number of carbonyl (C=O) groups excluding carboxylic acids is 1. The zero-order valence-electron chi connectivity index (χ0n) is 7.65. The second-order valence-corrected chi connectivity index (χ2v) is 4.54. The number of ether oxygens (including phenoxy) is 1. The van der Waals surface area contributed by atoms with Crippen molar-refractivity contribution in [2.45, 2.75) is 6.18 Å². The van der Waals surface area contributed by atoms with Crippen molar-refractivity contribution in [2.75, 3.05) is 6.61 Å². The van der Waals surface area contributed by atoms with E-state index in [4.69, 9.17) is 0 Å². The molecular formula is C9H5Br2F3O2. The minimum atomic E-state index is -4.40. The normalized spacial score (nSPS) is 11.3. The molecule has 0 radical (unpaired) electrons. The number of benzene rings is 1. The van der Waals surface area contributed by atoms with Crippen LogP contribution in [0.5, 0.6) is 5.75 Å². The van der Waals surface area contributed by atoms with E-state index < -0.39 is 12.8 Å². The number of alkyl halides is 3. The predicted molar refractivity (Wildman–Crippen MR) is 58.8 cm³/mol. The Morgan fingerprint density at radius 2 is 1.75 bits per heavy atom. The molecule has 0 aromatic heterocycles. The summed E-state index contributed by atoms with van der Waals surface area (Å²) < 4.78 is 41.0. The minimum absolute atomic E-state index is 0.0166. The summed E-state index contributed by atoms with van der Waals surface area (Å²) in [6, 6.07) is 2.76. The van der Waals surface area contributed by atoms with Gasteiger partial charge in [0.2, 0.25) is 0 Å². The van der Waals surface area contributed by atoms with Crippen LogP contribution in [-0.2, 0) is 0 Å². The molecule has 16 heavy (non-hydrogen) atoms. The monoisotopic (exact) mass is 360 g/mol. The fourth-order valence-electron chi connectivity index (χ4n) is 0.939. The summed E-state index contributed by atoms with van der Waals surface area (Å²) in [6.45, 7) is -1.38. The predicted octanol–water partition coefficient (Wildman–Crippen LogP) is 3.97. The van der Waals surface area contributed by atoms with Crippen LogP contribution in [-0.4, -0.2) is 19.1 Å². The summed E-state index contributed by atoms with van der Waals surface area (Å²) in [4.78, 5) is 10.5. The smallest absolute Gasteiger partial charge is 0.422 e. The third kappa shape index (κ3) is 3.79. The molecule has 0 N–H and O–H groups in total. The van der Waals surface area contributed by atoms with Gasteiger partial charge in [0.05, 0.1) is 8.95 Å². The number of hydrogen-bond acceptors (Lipinski definition) is 2. The summed E-state index contributed by atoms with van der Waals surface area (Å²) in [5.41, 5.74) is 0.332. The van der Waals surface area contributed by atoms with Crippen molar-refractivity contribution in [1.29, 1.82) is 0 Å². The SMILES string of the molecule is O=Cc1cc(Br)c(OCC(F)(F)F)c(Br)c1. The highest BCUT2D eigenvalue weighted by molar-refractivity contribution is 9.11. The molecule has 0 aliphatic carbocycles. The molecule has 1 aromatic carbocycles. The zero-order valence-corrected chi connectivity index (χ0v) is 10.8. The molecule has 0 fully saturated rings.